The Labute approximate surface area is 121 Å². The summed E-state index contributed by atoms with van der Waals surface area (Å²) < 4.78 is 1.18. The Morgan fingerprint density at radius 2 is 1.78 bits per heavy atom. The molecule has 3 heteroatoms. The lowest BCUT2D eigenvalue weighted by atomic mass is 10.0. The van der Waals surface area contributed by atoms with Crippen LogP contribution < -0.4 is 5.32 Å². The first-order chi connectivity index (χ1) is 8.58. The molecule has 0 bridgehead atoms. The molecule has 1 aromatic heterocycles. The number of hydrogen-bond acceptors (Lipinski definition) is 2. The van der Waals surface area contributed by atoms with E-state index in [0.29, 0.717) is 12.0 Å². The minimum Gasteiger partial charge on any atom is -0.377 e. The molecule has 0 saturated carbocycles. The summed E-state index contributed by atoms with van der Waals surface area (Å²) in [6.45, 7) is 6.66. The fourth-order valence-corrected chi connectivity index (χ4v) is 3.42. The van der Waals surface area contributed by atoms with Crippen LogP contribution >= 0.6 is 27.3 Å². The van der Waals surface area contributed by atoms with Crippen LogP contribution in [-0.2, 0) is 0 Å². The van der Waals surface area contributed by atoms with Crippen molar-refractivity contribution < 1.29 is 0 Å². The van der Waals surface area contributed by atoms with Crippen molar-refractivity contribution in [1.29, 1.82) is 0 Å². The van der Waals surface area contributed by atoms with E-state index in [0.717, 1.165) is 0 Å². The monoisotopic (exact) mass is 323 g/mol. The summed E-state index contributed by atoms with van der Waals surface area (Å²) in [5.41, 5.74) is 2.62. The molecular weight excluding hydrogens is 306 g/mol. The molecule has 1 unspecified atom stereocenters. The van der Waals surface area contributed by atoms with Gasteiger partial charge in [-0.2, -0.15) is 0 Å². The van der Waals surface area contributed by atoms with Crippen LogP contribution in [0.5, 0.6) is 0 Å². The molecule has 18 heavy (non-hydrogen) atoms. The molecule has 2 rings (SSSR count). The van der Waals surface area contributed by atoms with Crippen LogP contribution in [0.2, 0.25) is 0 Å². The van der Waals surface area contributed by atoms with Crippen molar-refractivity contribution in [1.82, 2.24) is 0 Å². The van der Waals surface area contributed by atoms with Crippen molar-refractivity contribution >= 4 is 33.0 Å². The van der Waals surface area contributed by atoms with E-state index in [-0.39, 0.29) is 0 Å². The number of halogens is 1. The average Bonchev–Trinajstić information content (AvgIpc) is 2.76. The first-order valence-corrected chi connectivity index (χ1v) is 7.79. The lowest BCUT2D eigenvalue weighted by molar-refractivity contribution is 0.848. The highest BCUT2D eigenvalue weighted by Gasteiger charge is 2.11. The molecule has 1 nitrogen and oxygen atoms in total. The molecule has 0 amide bonds. The van der Waals surface area contributed by atoms with E-state index in [9.17, 15) is 0 Å². The molecule has 0 spiro atoms. The van der Waals surface area contributed by atoms with Crippen molar-refractivity contribution in [3.05, 3.63) is 50.6 Å². The Balaban J connectivity index is 2.19. The largest absolute Gasteiger partial charge is 0.377 e. The van der Waals surface area contributed by atoms with Gasteiger partial charge in [0, 0.05) is 10.6 Å². The summed E-state index contributed by atoms with van der Waals surface area (Å²) in [5, 5.41) is 3.61. The van der Waals surface area contributed by atoms with Crippen LogP contribution in [0.3, 0.4) is 0 Å². The molecule has 0 aliphatic heterocycles. The van der Waals surface area contributed by atoms with E-state index in [1.54, 1.807) is 11.3 Å². The summed E-state index contributed by atoms with van der Waals surface area (Å²) in [5.74, 6) is 0.538. The number of rotatable bonds is 4. The fourth-order valence-electron chi connectivity index (χ4n) is 2.00. The smallest absolute Gasteiger partial charge is 0.0702 e. The molecule has 0 radical (unpaired) electrons. The van der Waals surface area contributed by atoms with Gasteiger partial charge in [0.05, 0.1) is 9.83 Å². The number of thiophene rings is 1. The second-order valence-corrected chi connectivity index (χ2v) is 7.24. The van der Waals surface area contributed by atoms with Gasteiger partial charge in [-0.1, -0.05) is 32.0 Å². The van der Waals surface area contributed by atoms with Crippen molar-refractivity contribution in [3.8, 4) is 0 Å². The summed E-state index contributed by atoms with van der Waals surface area (Å²) in [4.78, 5) is 1.35. The van der Waals surface area contributed by atoms with Gasteiger partial charge in [0.2, 0.25) is 0 Å². The quantitative estimate of drug-likeness (QED) is 0.748. The lowest BCUT2D eigenvalue weighted by Gasteiger charge is -2.18. The van der Waals surface area contributed by atoms with E-state index in [1.807, 2.05) is 0 Å². The van der Waals surface area contributed by atoms with Gasteiger partial charge in [-0.25, -0.2) is 0 Å². The van der Waals surface area contributed by atoms with Crippen LogP contribution in [0.4, 0.5) is 5.69 Å². The molecule has 0 aliphatic carbocycles. The standard InChI is InChI=1S/C15H18BrNS/c1-10(2)12-6-4-5-7-13(12)17-11(3)14-8-9-15(16)18-14/h4-11,17H,1-3H3. The SMILES string of the molecule is CC(C)c1ccccc1NC(C)c1ccc(Br)s1. The third-order valence-corrected chi connectivity index (χ3v) is 4.78. The number of hydrogen-bond donors (Lipinski definition) is 1. The molecule has 1 aromatic carbocycles. The molecule has 1 heterocycles. The Morgan fingerprint density at radius 1 is 1.06 bits per heavy atom. The first-order valence-electron chi connectivity index (χ1n) is 6.18. The number of para-hydroxylation sites is 1. The molecule has 0 aliphatic rings. The summed E-state index contributed by atoms with van der Waals surface area (Å²) >= 11 is 5.30. The topological polar surface area (TPSA) is 12.0 Å². The number of benzene rings is 1. The molecule has 1 atom stereocenters. The Kier molecular flexibility index (Phi) is 4.46. The Hall–Kier alpha value is -0.800. The minimum absolute atomic E-state index is 0.334. The van der Waals surface area contributed by atoms with E-state index in [4.69, 9.17) is 0 Å². The van der Waals surface area contributed by atoms with Gasteiger partial charge >= 0.3 is 0 Å². The maximum Gasteiger partial charge on any atom is 0.0702 e. The Morgan fingerprint density at radius 3 is 2.39 bits per heavy atom. The van der Waals surface area contributed by atoms with Gasteiger partial charge < -0.3 is 5.32 Å². The zero-order valence-corrected chi connectivity index (χ0v) is 13.3. The molecule has 96 valence electrons. The second kappa shape index (κ2) is 5.89. The fraction of sp³-hybridized carbons (Fsp3) is 0.333. The van der Waals surface area contributed by atoms with Gasteiger partial charge in [-0.3, -0.25) is 0 Å². The molecule has 0 saturated heterocycles. The van der Waals surface area contributed by atoms with E-state index < -0.39 is 0 Å². The van der Waals surface area contributed by atoms with Crippen LogP contribution in [0.1, 0.15) is 43.2 Å². The highest BCUT2D eigenvalue weighted by atomic mass is 79.9. The molecule has 1 N–H and O–H groups in total. The van der Waals surface area contributed by atoms with E-state index in [1.165, 1.54) is 19.9 Å². The predicted octanol–water partition coefficient (Wildman–Crippen LogP) is 5.81. The highest BCUT2D eigenvalue weighted by Crippen LogP contribution is 2.31. The summed E-state index contributed by atoms with van der Waals surface area (Å²) in [6, 6.07) is 13.2. The van der Waals surface area contributed by atoms with Crippen LogP contribution in [-0.4, -0.2) is 0 Å². The van der Waals surface area contributed by atoms with Crippen LogP contribution in [0.15, 0.2) is 40.2 Å². The maximum absolute atomic E-state index is 3.61. The zero-order valence-electron chi connectivity index (χ0n) is 10.9. The summed E-state index contributed by atoms with van der Waals surface area (Å²) in [7, 11) is 0. The van der Waals surface area contributed by atoms with Gasteiger partial charge in [-0.15, -0.1) is 11.3 Å². The molecule has 0 fully saturated rings. The Bertz CT molecular complexity index is 519. The van der Waals surface area contributed by atoms with E-state index in [2.05, 4.69) is 78.4 Å². The van der Waals surface area contributed by atoms with Crippen LogP contribution in [0.25, 0.3) is 0 Å². The van der Waals surface area contributed by atoms with Gasteiger partial charge in [0.15, 0.2) is 0 Å². The van der Waals surface area contributed by atoms with Crippen molar-refractivity contribution in [2.75, 3.05) is 5.32 Å². The van der Waals surface area contributed by atoms with Gasteiger partial charge in [0.25, 0.3) is 0 Å². The molecular formula is C15H18BrNS. The third kappa shape index (κ3) is 3.15. The van der Waals surface area contributed by atoms with E-state index >= 15 is 0 Å². The summed E-state index contributed by atoms with van der Waals surface area (Å²) in [6.07, 6.45) is 0. The van der Waals surface area contributed by atoms with Crippen molar-refractivity contribution in [2.24, 2.45) is 0 Å². The zero-order chi connectivity index (χ0) is 13.1. The third-order valence-electron chi connectivity index (χ3n) is 2.98. The number of anilines is 1. The highest BCUT2D eigenvalue weighted by molar-refractivity contribution is 9.11. The van der Waals surface area contributed by atoms with Gasteiger partial charge in [-0.05, 0) is 52.5 Å². The van der Waals surface area contributed by atoms with Gasteiger partial charge in [0.1, 0.15) is 0 Å². The van der Waals surface area contributed by atoms with Crippen molar-refractivity contribution in [2.45, 2.75) is 32.7 Å². The van der Waals surface area contributed by atoms with Crippen LogP contribution in [0, 0.1) is 0 Å². The second-order valence-electron chi connectivity index (χ2n) is 4.75. The first kappa shape index (κ1) is 13.6. The average molecular weight is 324 g/mol. The predicted molar refractivity (Wildman–Crippen MR) is 84.6 cm³/mol. The lowest BCUT2D eigenvalue weighted by Crippen LogP contribution is -2.07. The maximum atomic E-state index is 3.61. The molecule has 2 aromatic rings. The normalized spacial score (nSPS) is 12.7. The number of nitrogens with one attached hydrogen (secondary N) is 1. The van der Waals surface area contributed by atoms with Crippen molar-refractivity contribution in [3.63, 3.8) is 0 Å². The minimum atomic E-state index is 0.334.